The number of carbonyl (C=O) groups is 6. The van der Waals surface area contributed by atoms with Crippen molar-refractivity contribution in [3.8, 4) is 0 Å². The van der Waals surface area contributed by atoms with Gasteiger partial charge in [-0.25, -0.2) is 9.59 Å². The van der Waals surface area contributed by atoms with E-state index in [1.54, 1.807) is 0 Å². The monoisotopic (exact) mass is 696 g/mol. The second-order valence-corrected chi connectivity index (χ2v) is 11.8. The molecule has 0 fully saturated rings. The Labute approximate surface area is 311 Å². The first kappa shape index (κ1) is 49.8. The Morgan fingerprint density at radius 2 is 0.723 bits per heavy atom. The van der Waals surface area contributed by atoms with Crippen molar-refractivity contribution in [2.45, 2.75) is 180 Å². The summed E-state index contributed by atoms with van der Waals surface area (Å²) in [6.07, 6.45) is 20.0. The Bertz CT molecular complexity index is 789. The Balaban J connectivity index is -0.000000807. The summed E-state index contributed by atoms with van der Waals surface area (Å²) in [5.74, 6) is -5.49. The van der Waals surface area contributed by atoms with Crippen LogP contribution in [0.2, 0.25) is 0 Å². The first-order valence-corrected chi connectivity index (χ1v) is 17.3. The Morgan fingerprint density at radius 1 is 0.468 bits per heavy atom. The molecule has 0 rings (SSSR count). The fraction of sp³-hybridized carbons (Fsp3) is 0.824. The summed E-state index contributed by atoms with van der Waals surface area (Å²) in [5, 5.41) is 20.5. The average molecular weight is 697 g/mol. The zero-order valence-electron chi connectivity index (χ0n) is 29.1. The minimum Gasteiger partial charge on any atom is -0.550 e. The van der Waals surface area contributed by atoms with Gasteiger partial charge in [0.1, 0.15) is 12.1 Å². The van der Waals surface area contributed by atoms with Crippen molar-refractivity contribution >= 4 is 73.6 Å². The summed E-state index contributed by atoms with van der Waals surface area (Å²) < 4.78 is 9.20. The Kier molecular flexibility index (Phi) is 37.8. The van der Waals surface area contributed by atoms with Crippen LogP contribution in [0.1, 0.15) is 168 Å². The number of carboxylic acids is 2. The summed E-state index contributed by atoms with van der Waals surface area (Å²) in [6, 6.07) is -2.19. The predicted molar refractivity (Wildman–Crippen MR) is 176 cm³/mol. The van der Waals surface area contributed by atoms with Crippen LogP contribution in [0.3, 0.4) is 0 Å². The number of ether oxygens (including phenoxy) is 2. The average Bonchev–Trinajstić information content (AvgIpc) is 3.00. The van der Waals surface area contributed by atoms with Crippen molar-refractivity contribution in [3.63, 3.8) is 0 Å². The van der Waals surface area contributed by atoms with E-state index in [2.05, 4.69) is 23.3 Å². The molecule has 12 nitrogen and oxygen atoms in total. The van der Waals surface area contributed by atoms with Crippen LogP contribution in [0.15, 0.2) is 0 Å². The quantitative estimate of drug-likeness (QED) is 0.0521. The van der Waals surface area contributed by atoms with E-state index in [9.17, 15) is 39.0 Å². The van der Waals surface area contributed by atoms with Crippen molar-refractivity contribution in [1.29, 1.82) is 0 Å². The third kappa shape index (κ3) is 37.1. The molecular formula is C34H60CaN2O10. The van der Waals surface area contributed by atoms with E-state index in [0.717, 1.165) is 25.7 Å². The minimum absolute atomic E-state index is 0. The second-order valence-electron chi connectivity index (χ2n) is 11.8. The smallest absolute Gasteiger partial charge is 0.550 e. The molecule has 268 valence electrons. The molecule has 0 aliphatic carbocycles. The van der Waals surface area contributed by atoms with Crippen LogP contribution in [-0.4, -0.2) is 85.6 Å². The second kappa shape index (κ2) is 35.7. The van der Waals surface area contributed by atoms with E-state index in [-0.39, 0.29) is 76.3 Å². The molecule has 0 heterocycles. The van der Waals surface area contributed by atoms with Crippen LogP contribution in [0.25, 0.3) is 0 Å². The number of rotatable bonds is 28. The van der Waals surface area contributed by atoms with Crippen LogP contribution in [0, 0.1) is 0 Å². The fourth-order valence-corrected chi connectivity index (χ4v) is 4.42. The molecule has 0 radical (unpaired) electrons. The van der Waals surface area contributed by atoms with Gasteiger partial charge in [0.15, 0.2) is 0 Å². The maximum absolute atomic E-state index is 11.5. The van der Waals surface area contributed by atoms with Crippen LogP contribution in [0.4, 0.5) is 0 Å². The zero-order chi connectivity index (χ0) is 35.0. The molecule has 0 spiro atoms. The van der Waals surface area contributed by atoms with Crippen LogP contribution >= 0.6 is 0 Å². The van der Waals surface area contributed by atoms with Gasteiger partial charge >= 0.3 is 61.6 Å². The Morgan fingerprint density at radius 3 is 0.979 bits per heavy atom. The molecule has 0 saturated heterocycles. The van der Waals surface area contributed by atoms with E-state index in [1.807, 2.05) is 0 Å². The zero-order valence-corrected chi connectivity index (χ0v) is 31.3. The molecule has 0 bridgehead atoms. The number of hydrogen-bond acceptors (Lipinski definition) is 12. The minimum atomic E-state index is -1.28. The van der Waals surface area contributed by atoms with Gasteiger partial charge < -0.3 is 40.7 Å². The van der Waals surface area contributed by atoms with Crippen LogP contribution < -0.4 is 21.7 Å². The van der Waals surface area contributed by atoms with E-state index in [1.165, 1.54) is 77.0 Å². The molecule has 0 amide bonds. The van der Waals surface area contributed by atoms with Gasteiger partial charge in [-0.1, -0.05) is 117 Å². The summed E-state index contributed by atoms with van der Waals surface area (Å²) in [6.45, 7) is 4.39. The first-order valence-electron chi connectivity index (χ1n) is 17.3. The van der Waals surface area contributed by atoms with Crippen molar-refractivity contribution < 1.29 is 48.5 Å². The molecule has 0 aliphatic rings. The number of unbranched alkanes of at least 4 members (excludes halogenated alkanes) is 16. The van der Waals surface area contributed by atoms with Crippen LogP contribution in [0.5, 0.6) is 0 Å². The fourth-order valence-electron chi connectivity index (χ4n) is 4.42. The summed E-state index contributed by atoms with van der Waals surface area (Å²) in [7, 11) is 0. The molecule has 13 heteroatoms. The number of aliphatic carboxylic acids is 2. The normalized spacial score (nSPS) is 11.7. The van der Waals surface area contributed by atoms with E-state index in [0.29, 0.717) is 12.8 Å². The summed E-state index contributed by atoms with van der Waals surface area (Å²) >= 11 is 0. The van der Waals surface area contributed by atoms with E-state index in [4.69, 9.17) is 11.5 Å². The van der Waals surface area contributed by atoms with E-state index < -0.39 is 47.9 Å². The molecule has 0 aliphatic heterocycles. The van der Waals surface area contributed by atoms with Gasteiger partial charge in [0.25, 0.3) is 0 Å². The van der Waals surface area contributed by atoms with Crippen molar-refractivity contribution in [3.05, 3.63) is 0 Å². The Hall–Kier alpha value is -1.60. The molecule has 0 aromatic carbocycles. The SMILES string of the molecule is CCCCCCCCCCCC(=O)OC(=O)C(N)CCC(=O)[O-].CCCCCCCCCCCC(=O)OC(=O)C(N)CCC(=O)[O-].[Ca+2]. The standard InChI is InChI=1S/2C17H31NO5.Ca/c2*1-2-3-4-5-6-7-8-9-10-11-16(21)23-17(22)14(18)12-13-15(19)20;/h2*14H,2-13,18H2,1H3,(H,19,20);/q;;+2/p-2. The van der Waals surface area contributed by atoms with Crippen molar-refractivity contribution in [2.24, 2.45) is 11.5 Å². The molecule has 0 aromatic heterocycles. The number of hydrogen-bond donors (Lipinski definition) is 2. The van der Waals surface area contributed by atoms with Gasteiger partial charge in [0, 0.05) is 24.8 Å². The van der Waals surface area contributed by atoms with Gasteiger partial charge in [0.2, 0.25) is 0 Å². The molecule has 0 aromatic rings. The van der Waals surface area contributed by atoms with Crippen LogP contribution in [-0.2, 0) is 38.2 Å². The molecule has 0 saturated carbocycles. The maximum atomic E-state index is 11.5. The third-order valence-electron chi connectivity index (χ3n) is 7.32. The largest absolute Gasteiger partial charge is 2.00 e. The molecule has 2 atom stereocenters. The third-order valence-corrected chi connectivity index (χ3v) is 7.32. The topological polar surface area (TPSA) is 219 Å². The summed E-state index contributed by atoms with van der Waals surface area (Å²) in [5.41, 5.74) is 10.9. The summed E-state index contributed by atoms with van der Waals surface area (Å²) in [4.78, 5) is 66.4. The molecular weight excluding hydrogens is 636 g/mol. The van der Waals surface area contributed by atoms with Gasteiger partial charge in [-0.05, 0) is 38.5 Å². The predicted octanol–water partition coefficient (Wildman–Crippen LogP) is 3.29. The van der Waals surface area contributed by atoms with E-state index >= 15 is 0 Å². The molecule has 4 N–H and O–H groups in total. The number of carboxylic acid groups (broad SMARTS) is 2. The number of nitrogens with two attached hydrogens (primary N) is 2. The molecule has 47 heavy (non-hydrogen) atoms. The van der Waals surface area contributed by atoms with Crippen molar-refractivity contribution in [2.75, 3.05) is 0 Å². The van der Waals surface area contributed by atoms with Gasteiger partial charge in [-0.15, -0.1) is 0 Å². The van der Waals surface area contributed by atoms with Gasteiger partial charge in [-0.3, -0.25) is 9.59 Å². The number of esters is 4. The van der Waals surface area contributed by atoms with Gasteiger partial charge in [-0.2, -0.15) is 0 Å². The van der Waals surface area contributed by atoms with Gasteiger partial charge in [0.05, 0.1) is 0 Å². The maximum Gasteiger partial charge on any atom is 2.00 e. The first-order chi connectivity index (χ1) is 21.9. The molecule has 2 unspecified atom stereocenters. The number of carbonyl (C=O) groups excluding carboxylic acids is 6. The van der Waals surface area contributed by atoms with Crippen molar-refractivity contribution in [1.82, 2.24) is 0 Å².